The topological polar surface area (TPSA) is 52.7 Å². The van der Waals surface area contributed by atoms with Crippen molar-refractivity contribution in [1.29, 1.82) is 0 Å². The lowest BCUT2D eigenvalue weighted by Crippen LogP contribution is -2.40. The van der Waals surface area contributed by atoms with Crippen molar-refractivity contribution in [3.05, 3.63) is 102 Å². The number of rotatable bonds is 9. The molecule has 5 nitrogen and oxygen atoms in total. The molecule has 0 aliphatic heterocycles. The van der Waals surface area contributed by atoms with E-state index in [4.69, 9.17) is 0 Å². The average molecular weight is 416 g/mol. The van der Waals surface area contributed by atoms with Gasteiger partial charge in [-0.05, 0) is 29.7 Å². The Morgan fingerprint density at radius 1 is 0.774 bits per heavy atom. The standard InChI is InChI=1S/C26H29N3O2/c1-28(21-23-13-7-3-8-14-23)26(31)27-19-17-25(30)29(24-15-9-4-10-16-24)20-18-22-11-5-2-6-12-22/h2-16H,17-21H2,1H3,(H,27,31). The van der Waals surface area contributed by atoms with Crippen molar-refractivity contribution in [3.63, 3.8) is 0 Å². The number of para-hydroxylation sites is 1. The number of nitrogens with zero attached hydrogens (tertiary/aromatic N) is 2. The Morgan fingerprint density at radius 3 is 1.94 bits per heavy atom. The zero-order valence-electron chi connectivity index (χ0n) is 17.9. The molecule has 0 radical (unpaired) electrons. The van der Waals surface area contributed by atoms with Gasteiger partial charge in [-0.2, -0.15) is 0 Å². The molecule has 0 saturated carbocycles. The van der Waals surface area contributed by atoms with Crippen molar-refractivity contribution in [2.24, 2.45) is 0 Å². The first-order chi connectivity index (χ1) is 15.1. The van der Waals surface area contributed by atoms with E-state index < -0.39 is 0 Å². The van der Waals surface area contributed by atoms with Crippen LogP contribution in [0.25, 0.3) is 0 Å². The quantitative estimate of drug-likeness (QED) is 0.560. The molecule has 0 aliphatic carbocycles. The van der Waals surface area contributed by atoms with Gasteiger partial charge in [0.2, 0.25) is 5.91 Å². The van der Waals surface area contributed by atoms with Crippen LogP contribution in [0.5, 0.6) is 0 Å². The van der Waals surface area contributed by atoms with E-state index in [0.717, 1.165) is 17.7 Å². The van der Waals surface area contributed by atoms with Crippen molar-refractivity contribution in [2.75, 3.05) is 25.0 Å². The highest BCUT2D eigenvalue weighted by Crippen LogP contribution is 2.15. The molecule has 0 bridgehead atoms. The molecule has 3 rings (SSSR count). The van der Waals surface area contributed by atoms with E-state index in [-0.39, 0.29) is 18.4 Å². The third-order valence-electron chi connectivity index (χ3n) is 5.06. The van der Waals surface area contributed by atoms with E-state index in [0.29, 0.717) is 19.6 Å². The van der Waals surface area contributed by atoms with Gasteiger partial charge in [-0.3, -0.25) is 4.79 Å². The number of hydrogen-bond acceptors (Lipinski definition) is 2. The van der Waals surface area contributed by atoms with Crippen molar-refractivity contribution in [1.82, 2.24) is 10.2 Å². The molecule has 0 aromatic heterocycles. The SMILES string of the molecule is CN(Cc1ccccc1)C(=O)NCCC(=O)N(CCc1ccccc1)c1ccccc1. The van der Waals surface area contributed by atoms with Crippen molar-refractivity contribution < 1.29 is 9.59 Å². The maximum Gasteiger partial charge on any atom is 0.317 e. The predicted molar refractivity (Wildman–Crippen MR) is 125 cm³/mol. The molecule has 1 N–H and O–H groups in total. The van der Waals surface area contributed by atoms with Crippen LogP contribution in [-0.2, 0) is 17.8 Å². The van der Waals surface area contributed by atoms with Crippen LogP contribution in [0.1, 0.15) is 17.5 Å². The van der Waals surface area contributed by atoms with E-state index in [2.05, 4.69) is 17.4 Å². The molecule has 3 aromatic rings. The molecule has 0 atom stereocenters. The molecule has 3 aromatic carbocycles. The van der Waals surface area contributed by atoms with E-state index in [9.17, 15) is 9.59 Å². The van der Waals surface area contributed by atoms with Gasteiger partial charge in [0.1, 0.15) is 0 Å². The summed E-state index contributed by atoms with van der Waals surface area (Å²) in [5, 5.41) is 2.85. The van der Waals surface area contributed by atoms with Gasteiger partial charge < -0.3 is 15.1 Å². The Labute approximate surface area is 184 Å². The lowest BCUT2D eigenvalue weighted by molar-refractivity contribution is -0.118. The minimum absolute atomic E-state index is 0.00635. The van der Waals surface area contributed by atoms with Gasteiger partial charge in [0, 0.05) is 38.8 Å². The Balaban J connectivity index is 1.53. The summed E-state index contributed by atoms with van der Waals surface area (Å²) in [4.78, 5) is 28.8. The Hall–Kier alpha value is -3.60. The number of urea groups is 1. The molecule has 3 amide bonds. The number of hydrogen-bond donors (Lipinski definition) is 1. The highest BCUT2D eigenvalue weighted by atomic mass is 16.2. The summed E-state index contributed by atoms with van der Waals surface area (Å²) in [5.41, 5.74) is 3.12. The van der Waals surface area contributed by atoms with Crippen LogP contribution in [0.3, 0.4) is 0 Å². The second-order valence-corrected chi connectivity index (χ2v) is 7.44. The lowest BCUT2D eigenvalue weighted by atomic mass is 10.1. The van der Waals surface area contributed by atoms with Crippen LogP contribution in [-0.4, -0.2) is 37.0 Å². The molecule has 0 unspecified atom stereocenters. The van der Waals surface area contributed by atoms with Gasteiger partial charge in [0.15, 0.2) is 0 Å². The first-order valence-electron chi connectivity index (χ1n) is 10.6. The maximum atomic E-state index is 13.0. The molecular formula is C26H29N3O2. The predicted octanol–water partition coefficient (Wildman–Crippen LogP) is 4.49. The van der Waals surface area contributed by atoms with Gasteiger partial charge in [-0.15, -0.1) is 0 Å². The first-order valence-corrected chi connectivity index (χ1v) is 10.6. The third kappa shape index (κ3) is 7.00. The van der Waals surface area contributed by atoms with Crippen LogP contribution >= 0.6 is 0 Å². The van der Waals surface area contributed by atoms with Crippen LogP contribution in [0.4, 0.5) is 10.5 Å². The maximum absolute atomic E-state index is 13.0. The molecule has 31 heavy (non-hydrogen) atoms. The van der Waals surface area contributed by atoms with E-state index in [1.165, 1.54) is 5.56 Å². The monoisotopic (exact) mass is 415 g/mol. The van der Waals surface area contributed by atoms with E-state index in [1.54, 1.807) is 16.8 Å². The van der Waals surface area contributed by atoms with Crippen LogP contribution in [0.2, 0.25) is 0 Å². The molecule has 0 heterocycles. The van der Waals surface area contributed by atoms with Gasteiger partial charge in [-0.1, -0.05) is 78.9 Å². The first kappa shape index (κ1) is 22.1. The van der Waals surface area contributed by atoms with Gasteiger partial charge >= 0.3 is 6.03 Å². The highest BCUT2D eigenvalue weighted by molar-refractivity contribution is 5.93. The minimum atomic E-state index is -0.188. The van der Waals surface area contributed by atoms with Crippen LogP contribution in [0, 0.1) is 0 Å². The molecule has 0 fully saturated rings. The average Bonchev–Trinajstić information content (AvgIpc) is 2.81. The zero-order chi connectivity index (χ0) is 21.9. The van der Waals surface area contributed by atoms with Crippen LogP contribution < -0.4 is 10.2 Å². The smallest absolute Gasteiger partial charge is 0.317 e. The van der Waals surface area contributed by atoms with Crippen LogP contribution in [0.15, 0.2) is 91.0 Å². The Bertz CT molecular complexity index is 946. The van der Waals surface area contributed by atoms with E-state index in [1.807, 2.05) is 78.9 Å². The summed E-state index contributed by atoms with van der Waals surface area (Å²) >= 11 is 0. The zero-order valence-corrected chi connectivity index (χ0v) is 17.9. The largest absolute Gasteiger partial charge is 0.337 e. The Kier molecular flexibility index (Phi) is 8.23. The number of carbonyl (C=O) groups excluding carboxylic acids is 2. The minimum Gasteiger partial charge on any atom is -0.337 e. The fourth-order valence-electron chi connectivity index (χ4n) is 3.37. The molecule has 5 heteroatoms. The summed E-state index contributed by atoms with van der Waals surface area (Å²) in [6.07, 6.45) is 1.02. The van der Waals surface area contributed by atoms with Crippen molar-refractivity contribution >= 4 is 17.6 Å². The highest BCUT2D eigenvalue weighted by Gasteiger charge is 2.16. The number of benzene rings is 3. The summed E-state index contributed by atoms with van der Waals surface area (Å²) in [6.45, 7) is 1.41. The molecule has 0 spiro atoms. The van der Waals surface area contributed by atoms with Gasteiger partial charge in [-0.25, -0.2) is 4.79 Å². The molecular weight excluding hydrogens is 386 g/mol. The van der Waals surface area contributed by atoms with Crippen molar-refractivity contribution in [2.45, 2.75) is 19.4 Å². The summed E-state index contributed by atoms with van der Waals surface area (Å²) in [7, 11) is 1.75. The number of nitrogens with one attached hydrogen (secondary N) is 1. The number of anilines is 1. The fourth-order valence-corrected chi connectivity index (χ4v) is 3.37. The number of amides is 3. The summed E-state index contributed by atoms with van der Waals surface area (Å²) in [5.74, 6) is -0.00635. The normalized spacial score (nSPS) is 10.4. The molecule has 0 aliphatic rings. The summed E-state index contributed by atoms with van der Waals surface area (Å²) in [6, 6.07) is 29.4. The van der Waals surface area contributed by atoms with Crippen molar-refractivity contribution in [3.8, 4) is 0 Å². The Morgan fingerprint density at radius 2 is 1.32 bits per heavy atom. The van der Waals surface area contributed by atoms with Gasteiger partial charge in [0.05, 0.1) is 0 Å². The lowest BCUT2D eigenvalue weighted by Gasteiger charge is -2.24. The second-order valence-electron chi connectivity index (χ2n) is 7.44. The molecule has 0 saturated heterocycles. The summed E-state index contributed by atoms with van der Waals surface area (Å²) < 4.78 is 0. The fraction of sp³-hybridized carbons (Fsp3) is 0.231. The number of carbonyl (C=O) groups is 2. The van der Waals surface area contributed by atoms with Gasteiger partial charge in [0.25, 0.3) is 0 Å². The molecule has 160 valence electrons. The van der Waals surface area contributed by atoms with E-state index >= 15 is 0 Å². The third-order valence-corrected chi connectivity index (χ3v) is 5.06. The second kappa shape index (κ2) is 11.6.